The van der Waals surface area contributed by atoms with Crippen LogP contribution in [0, 0.1) is 0 Å². The molecular formula is C26H27F3N4O3. The van der Waals surface area contributed by atoms with Gasteiger partial charge in [0.2, 0.25) is 0 Å². The highest BCUT2D eigenvalue weighted by atomic mass is 19.4. The van der Waals surface area contributed by atoms with Gasteiger partial charge in [-0.3, -0.25) is 0 Å². The van der Waals surface area contributed by atoms with Crippen LogP contribution < -0.4 is 15.4 Å². The van der Waals surface area contributed by atoms with E-state index >= 15 is 0 Å². The Hall–Kier alpha value is -3.27. The molecule has 1 aromatic carbocycles. The van der Waals surface area contributed by atoms with Crippen molar-refractivity contribution < 1.29 is 27.2 Å². The first-order valence-corrected chi connectivity index (χ1v) is 12.3. The zero-order valence-corrected chi connectivity index (χ0v) is 19.6. The summed E-state index contributed by atoms with van der Waals surface area (Å²) in [5, 5.41) is 4.18. The van der Waals surface area contributed by atoms with Gasteiger partial charge in [-0.25, -0.2) is 4.98 Å². The number of anilines is 2. The fourth-order valence-electron chi connectivity index (χ4n) is 5.70. The second-order valence-electron chi connectivity index (χ2n) is 9.83. The predicted molar refractivity (Wildman–Crippen MR) is 126 cm³/mol. The molecule has 2 atom stereocenters. The van der Waals surface area contributed by atoms with Crippen LogP contribution in [0.15, 0.2) is 47.1 Å². The van der Waals surface area contributed by atoms with Crippen molar-refractivity contribution in [1.29, 1.82) is 0 Å². The van der Waals surface area contributed by atoms with Gasteiger partial charge in [-0.05, 0) is 56.7 Å². The number of ether oxygens (including phenoxy) is 2. The number of aromatic nitrogens is 2. The lowest BCUT2D eigenvalue weighted by Crippen LogP contribution is -2.45. The Kier molecular flexibility index (Phi) is 5.78. The molecule has 3 fully saturated rings. The van der Waals surface area contributed by atoms with Crippen LogP contribution in [0.5, 0.6) is 5.75 Å². The van der Waals surface area contributed by atoms with E-state index in [1.54, 1.807) is 18.3 Å². The molecule has 1 aliphatic carbocycles. The standard InChI is InChI=1S/C26H27F3N4O3/c27-26(28,29)35-22-4-2-1-3-20(22)24-21(25(36-32-24)15-5-6-15)14-34-19-11-16-7-8-17(12-19)33(16)18-9-10-31-23(30)13-18/h1-4,9-10,13,15-17,19H,5-8,11-12,14H2,(H2,30,31). The van der Waals surface area contributed by atoms with Gasteiger partial charge in [0.05, 0.1) is 12.7 Å². The minimum absolute atomic E-state index is 0.0365. The Morgan fingerprint density at radius 2 is 1.81 bits per heavy atom. The Balaban J connectivity index is 1.21. The van der Waals surface area contributed by atoms with E-state index < -0.39 is 6.36 Å². The van der Waals surface area contributed by atoms with E-state index in [0.717, 1.165) is 44.2 Å². The van der Waals surface area contributed by atoms with Crippen molar-refractivity contribution in [1.82, 2.24) is 10.1 Å². The van der Waals surface area contributed by atoms with E-state index in [-0.39, 0.29) is 29.9 Å². The molecule has 2 aliphatic heterocycles. The van der Waals surface area contributed by atoms with Crippen LogP contribution in [0.25, 0.3) is 11.3 Å². The van der Waals surface area contributed by atoms with Crippen molar-refractivity contribution >= 4 is 11.5 Å². The molecule has 36 heavy (non-hydrogen) atoms. The Morgan fingerprint density at radius 3 is 2.50 bits per heavy atom. The van der Waals surface area contributed by atoms with E-state index in [4.69, 9.17) is 15.0 Å². The van der Waals surface area contributed by atoms with Crippen molar-refractivity contribution in [2.75, 3.05) is 10.6 Å². The molecule has 0 spiro atoms. The fourth-order valence-corrected chi connectivity index (χ4v) is 5.70. The summed E-state index contributed by atoms with van der Waals surface area (Å²) in [6.45, 7) is 0.233. The first-order valence-electron chi connectivity index (χ1n) is 12.3. The van der Waals surface area contributed by atoms with Crippen LogP contribution in [0.2, 0.25) is 0 Å². The average molecular weight is 501 g/mol. The lowest BCUT2D eigenvalue weighted by Gasteiger charge is -2.40. The summed E-state index contributed by atoms with van der Waals surface area (Å²) in [7, 11) is 0. The molecule has 2 unspecified atom stereocenters. The normalized spacial score (nSPS) is 23.8. The Bertz CT molecular complexity index is 1230. The zero-order chi connectivity index (χ0) is 24.9. The number of halogens is 3. The third kappa shape index (κ3) is 4.61. The number of pyridine rings is 1. The van der Waals surface area contributed by atoms with Crippen LogP contribution in [-0.4, -0.2) is 34.7 Å². The zero-order valence-electron chi connectivity index (χ0n) is 19.6. The third-order valence-corrected chi connectivity index (χ3v) is 7.35. The summed E-state index contributed by atoms with van der Waals surface area (Å²) in [6, 6.07) is 10.6. The van der Waals surface area contributed by atoms with Crippen LogP contribution in [0.4, 0.5) is 24.7 Å². The van der Waals surface area contributed by atoms with Gasteiger partial charge >= 0.3 is 6.36 Å². The number of nitrogens with two attached hydrogens (primary N) is 1. The second kappa shape index (κ2) is 8.99. The first-order chi connectivity index (χ1) is 17.4. The largest absolute Gasteiger partial charge is 0.573 e. The number of fused-ring (bicyclic) bond motifs is 2. The Morgan fingerprint density at radius 1 is 1.06 bits per heavy atom. The molecule has 2 N–H and O–H groups in total. The lowest BCUT2D eigenvalue weighted by molar-refractivity contribution is -0.274. The smallest absolute Gasteiger partial charge is 0.405 e. The van der Waals surface area contributed by atoms with Crippen LogP contribution in [0.1, 0.15) is 55.8 Å². The lowest BCUT2D eigenvalue weighted by atomic mass is 9.98. The predicted octanol–water partition coefficient (Wildman–Crippen LogP) is 5.81. The van der Waals surface area contributed by atoms with E-state index in [1.807, 2.05) is 12.1 Å². The molecule has 0 radical (unpaired) electrons. The highest BCUT2D eigenvalue weighted by Gasteiger charge is 2.42. The minimum atomic E-state index is -4.80. The number of nitrogen functional groups attached to an aromatic ring is 1. The number of hydrogen-bond acceptors (Lipinski definition) is 7. The van der Waals surface area contributed by atoms with Crippen molar-refractivity contribution in [3.8, 4) is 17.0 Å². The highest BCUT2D eigenvalue weighted by molar-refractivity contribution is 5.70. The van der Waals surface area contributed by atoms with Crippen LogP contribution >= 0.6 is 0 Å². The molecule has 3 aromatic rings. The van der Waals surface area contributed by atoms with Gasteiger partial charge < -0.3 is 24.6 Å². The summed E-state index contributed by atoms with van der Waals surface area (Å²) in [5.74, 6) is 1.15. The molecule has 2 bridgehead atoms. The summed E-state index contributed by atoms with van der Waals surface area (Å²) >= 11 is 0. The fraction of sp³-hybridized carbons (Fsp3) is 0.462. The number of rotatable bonds is 7. The number of hydrogen-bond donors (Lipinski definition) is 1. The first kappa shape index (κ1) is 23.1. The monoisotopic (exact) mass is 500 g/mol. The van der Waals surface area contributed by atoms with E-state index in [0.29, 0.717) is 34.9 Å². The molecule has 190 valence electrons. The molecule has 2 saturated heterocycles. The van der Waals surface area contributed by atoms with E-state index in [1.165, 1.54) is 12.1 Å². The molecule has 10 heteroatoms. The summed E-state index contributed by atoms with van der Waals surface area (Å²) in [5.41, 5.74) is 8.31. The maximum absolute atomic E-state index is 13.0. The molecule has 6 rings (SSSR count). The maximum atomic E-state index is 13.0. The summed E-state index contributed by atoms with van der Waals surface area (Å²) < 4.78 is 55.4. The van der Waals surface area contributed by atoms with Crippen LogP contribution in [-0.2, 0) is 11.3 Å². The molecule has 7 nitrogen and oxygen atoms in total. The topological polar surface area (TPSA) is 86.6 Å². The van der Waals surface area contributed by atoms with E-state index in [2.05, 4.69) is 19.8 Å². The molecule has 1 saturated carbocycles. The van der Waals surface area contributed by atoms with Crippen LogP contribution in [0.3, 0.4) is 0 Å². The van der Waals surface area contributed by atoms with Gasteiger partial charge in [-0.15, -0.1) is 13.2 Å². The SMILES string of the molecule is Nc1cc(N2C3CCC2CC(OCc2c(-c4ccccc4OC(F)(F)F)noc2C2CC2)C3)ccn1. The highest BCUT2D eigenvalue weighted by Crippen LogP contribution is 2.46. The van der Waals surface area contributed by atoms with Gasteiger partial charge in [0.15, 0.2) is 0 Å². The number of piperidine rings is 1. The molecular weight excluding hydrogens is 473 g/mol. The quantitative estimate of drug-likeness (QED) is 0.438. The number of benzene rings is 1. The van der Waals surface area contributed by atoms with Crippen molar-refractivity contribution in [2.45, 2.75) is 75.6 Å². The molecule has 4 heterocycles. The average Bonchev–Trinajstić information content (AvgIpc) is 3.53. The number of para-hydroxylation sites is 1. The Labute approximate surface area is 206 Å². The van der Waals surface area contributed by atoms with Gasteiger partial charge in [0.1, 0.15) is 23.0 Å². The number of nitrogens with zero attached hydrogens (tertiary/aromatic N) is 3. The maximum Gasteiger partial charge on any atom is 0.573 e. The van der Waals surface area contributed by atoms with Gasteiger partial charge in [0.25, 0.3) is 0 Å². The summed E-state index contributed by atoms with van der Waals surface area (Å²) in [4.78, 5) is 6.54. The third-order valence-electron chi connectivity index (χ3n) is 7.35. The molecule has 2 aromatic heterocycles. The molecule has 0 amide bonds. The van der Waals surface area contributed by atoms with Gasteiger partial charge in [-0.1, -0.05) is 17.3 Å². The van der Waals surface area contributed by atoms with Crippen molar-refractivity contribution in [3.05, 3.63) is 53.9 Å². The summed E-state index contributed by atoms with van der Waals surface area (Å²) in [6.07, 6.45) is 2.82. The van der Waals surface area contributed by atoms with Crippen molar-refractivity contribution in [2.24, 2.45) is 0 Å². The number of alkyl halides is 3. The second-order valence-corrected chi connectivity index (χ2v) is 9.83. The van der Waals surface area contributed by atoms with Gasteiger partial charge in [0, 0.05) is 47.1 Å². The molecule has 3 aliphatic rings. The van der Waals surface area contributed by atoms with Crippen molar-refractivity contribution in [3.63, 3.8) is 0 Å². The van der Waals surface area contributed by atoms with Gasteiger partial charge in [-0.2, -0.15) is 0 Å². The van der Waals surface area contributed by atoms with E-state index in [9.17, 15) is 13.2 Å². The minimum Gasteiger partial charge on any atom is -0.405 e.